The highest BCUT2D eigenvalue weighted by Gasteiger charge is 2.16. The maximum atomic E-state index is 11.9. The molecule has 0 atom stereocenters. The Kier molecular flexibility index (Phi) is 3.07. The number of sulfonamides is 1. The summed E-state index contributed by atoms with van der Waals surface area (Å²) in [7, 11) is -3.66. The maximum absolute atomic E-state index is 11.9. The summed E-state index contributed by atoms with van der Waals surface area (Å²) in [5.41, 5.74) is 6.43. The van der Waals surface area contributed by atoms with Crippen molar-refractivity contribution in [3.8, 4) is 0 Å². The summed E-state index contributed by atoms with van der Waals surface area (Å²) in [4.78, 5) is 0. The van der Waals surface area contributed by atoms with Crippen LogP contribution in [0.15, 0.2) is 40.0 Å². The number of H-pyrrole nitrogens is 1. The highest BCUT2D eigenvalue weighted by Crippen LogP contribution is 2.26. The van der Waals surface area contributed by atoms with E-state index in [0.717, 1.165) is 0 Å². The second-order valence-corrected chi connectivity index (χ2v) is 5.77. The zero-order chi connectivity index (χ0) is 12.5. The Morgan fingerprint density at radius 1 is 1.35 bits per heavy atom. The quantitative estimate of drug-likeness (QED) is 0.748. The molecule has 0 spiro atoms. The molecule has 1 aromatic heterocycles. The fourth-order valence-electron chi connectivity index (χ4n) is 1.21. The average molecular weight is 317 g/mol. The molecule has 0 aliphatic rings. The standard InChI is InChI=1S/C9H9BrN4O2S/c10-7-2-1-6(11)5-8(7)14-17(15,16)9-3-4-12-13-9/h1-5,14H,11H2,(H,12,13). The van der Waals surface area contributed by atoms with Gasteiger partial charge in [-0.15, -0.1) is 0 Å². The maximum Gasteiger partial charge on any atom is 0.278 e. The monoisotopic (exact) mass is 316 g/mol. The molecule has 2 rings (SSSR count). The smallest absolute Gasteiger partial charge is 0.278 e. The number of nitrogens with two attached hydrogens (primary N) is 1. The highest BCUT2D eigenvalue weighted by molar-refractivity contribution is 9.10. The average Bonchev–Trinajstić information content (AvgIpc) is 2.77. The molecule has 0 aliphatic heterocycles. The first-order valence-corrected chi connectivity index (χ1v) is 6.84. The molecule has 1 aromatic carbocycles. The van der Waals surface area contributed by atoms with Gasteiger partial charge in [0.2, 0.25) is 0 Å². The number of aromatic nitrogens is 2. The molecule has 8 heteroatoms. The molecule has 0 bridgehead atoms. The lowest BCUT2D eigenvalue weighted by molar-refractivity contribution is 0.597. The molecule has 17 heavy (non-hydrogen) atoms. The van der Waals surface area contributed by atoms with Crippen LogP contribution in [-0.2, 0) is 10.0 Å². The van der Waals surface area contributed by atoms with Gasteiger partial charge in [0, 0.05) is 10.2 Å². The SMILES string of the molecule is Nc1ccc(Br)c(NS(=O)(=O)c2ccn[nH]2)c1. The van der Waals surface area contributed by atoms with E-state index in [4.69, 9.17) is 5.73 Å². The van der Waals surface area contributed by atoms with Crippen molar-refractivity contribution < 1.29 is 8.42 Å². The van der Waals surface area contributed by atoms with Crippen LogP contribution in [0, 0.1) is 0 Å². The van der Waals surface area contributed by atoms with E-state index in [0.29, 0.717) is 15.8 Å². The Labute approximate surface area is 106 Å². The van der Waals surface area contributed by atoms with E-state index in [2.05, 4.69) is 30.8 Å². The van der Waals surface area contributed by atoms with E-state index >= 15 is 0 Å². The number of hydrogen-bond donors (Lipinski definition) is 3. The van der Waals surface area contributed by atoms with Gasteiger partial charge in [-0.25, -0.2) is 0 Å². The van der Waals surface area contributed by atoms with Gasteiger partial charge in [-0.05, 0) is 40.2 Å². The topological polar surface area (TPSA) is 101 Å². The van der Waals surface area contributed by atoms with Crippen LogP contribution in [0.25, 0.3) is 0 Å². The Hall–Kier alpha value is -1.54. The van der Waals surface area contributed by atoms with Crippen molar-refractivity contribution in [2.24, 2.45) is 0 Å². The van der Waals surface area contributed by atoms with Crippen molar-refractivity contribution in [2.45, 2.75) is 5.03 Å². The molecule has 0 radical (unpaired) electrons. The predicted molar refractivity (Wildman–Crippen MR) is 68.0 cm³/mol. The summed E-state index contributed by atoms with van der Waals surface area (Å²) < 4.78 is 26.8. The van der Waals surface area contributed by atoms with E-state index in [1.54, 1.807) is 12.1 Å². The lowest BCUT2D eigenvalue weighted by Gasteiger charge is -2.08. The minimum Gasteiger partial charge on any atom is -0.399 e. The number of rotatable bonds is 3. The van der Waals surface area contributed by atoms with Gasteiger partial charge in [0.15, 0.2) is 5.03 Å². The van der Waals surface area contributed by atoms with Gasteiger partial charge >= 0.3 is 0 Å². The molecule has 0 saturated carbocycles. The highest BCUT2D eigenvalue weighted by atomic mass is 79.9. The van der Waals surface area contributed by atoms with Gasteiger partial charge in [-0.1, -0.05) is 0 Å². The zero-order valence-electron chi connectivity index (χ0n) is 8.51. The van der Waals surface area contributed by atoms with E-state index in [9.17, 15) is 8.42 Å². The second kappa shape index (κ2) is 4.38. The molecule has 4 N–H and O–H groups in total. The molecular weight excluding hydrogens is 308 g/mol. The number of halogens is 1. The Morgan fingerprint density at radius 3 is 2.76 bits per heavy atom. The van der Waals surface area contributed by atoms with Gasteiger partial charge in [-0.2, -0.15) is 13.5 Å². The molecule has 2 aromatic rings. The molecule has 0 unspecified atom stereocenters. The fourth-order valence-corrected chi connectivity index (χ4v) is 2.67. The Bertz CT molecular complexity index is 624. The Morgan fingerprint density at radius 2 is 2.12 bits per heavy atom. The van der Waals surface area contributed by atoms with Crippen molar-refractivity contribution in [1.82, 2.24) is 10.2 Å². The van der Waals surface area contributed by atoms with Crippen molar-refractivity contribution in [3.63, 3.8) is 0 Å². The first kappa shape index (κ1) is 11.9. The van der Waals surface area contributed by atoms with Crippen molar-refractivity contribution >= 4 is 37.3 Å². The largest absolute Gasteiger partial charge is 0.399 e. The van der Waals surface area contributed by atoms with Crippen molar-refractivity contribution in [3.05, 3.63) is 34.9 Å². The number of hydrogen-bond acceptors (Lipinski definition) is 4. The number of aromatic amines is 1. The summed E-state index contributed by atoms with van der Waals surface area (Å²) in [6.07, 6.45) is 1.36. The third kappa shape index (κ3) is 2.59. The van der Waals surface area contributed by atoms with Gasteiger partial charge in [-0.3, -0.25) is 9.82 Å². The van der Waals surface area contributed by atoms with Gasteiger partial charge in [0.05, 0.1) is 11.9 Å². The summed E-state index contributed by atoms with van der Waals surface area (Å²) in [5, 5.41) is 5.97. The lowest BCUT2D eigenvalue weighted by Crippen LogP contribution is -2.14. The third-order valence-corrected chi connectivity index (χ3v) is 3.99. The first-order valence-electron chi connectivity index (χ1n) is 4.56. The molecule has 0 fully saturated rings. The van der Waals surface area contributed by atoms with Crippen LogP contribution >= 0.6 is 15.9 Å². The van der Waals surface area contributed by atoms with E-state index in [1.165, 1.54) is 18.3 Å². The van der Waals surface area contributed by atoms with E-state index < -0.39 is 10.0 Å². The molecule has 6 nitrogen and oxygen atoms in total. The van der Waals surface area contributed by atoms with Gasteiger partial charge in [0.1, 0.15) is 0 Å². The van der Waals surface area contributed by atoms with Crippen LogP contribution in [0.3, 0.4) is 0 Å². The number of nitrogens with zero attached hydrogens (tertiary/aromatic N) is 1. The van der Waals surface area contributed by atoms with Crippen LogP contribution in [0.1, 0.15) is 0 Å². The normalized spacial score (nSPS) is 11.4. The van der Waals surface area contributed by atoms with Crippen LogP contribution in [-0.4, -0.2) is 18.6 Å². The number of benzene rings is 1. The molecule has 90 valence electrons. The third-order valence-electron chi connectivity index (χ3n) is 2.00. The zero-order valence-corrected chi connectivity index (χ0v) is 10.9. The summed E-state index contributed by atoms with van der Waals surface area (Å²) in [6, 6.07) is 6.22. The van der Waals surface area contributed by atoms with Gasteiger partial charge < -0.3 is 5.73 Å². The van der Waals surface area contributed by atoms with E-state index in [1.807, 2.05) is 0 Å². The molecule has 1 heterocycles. The molecule has 0 saturated heterocycles. The Balaban J connectivity index is 2.36. The van der Waals surface area contributed by atoms with Crippen LogP contribution in [0.5, 0.6) is 0 Å². The molecule has 0 aliphatic carbocycles. The van der Waals surface area contributed by atoms with Crippen LogP contribution in [0.4, 0.5) is 11.4 Å². The minimum absolute atomic E-state index is 0.00757. The molecule has 0 amide bonds. The predicted octanol–water partition coefficient (Wildman–Crippen LogP) is 1.56. The summed E-state index contributed by atoms with van der Waals surface area (Å²) in [6.45, 7) is 0. The van der Waals surface area contributed by atoms with Crippen LogP contribution < -0.4 is 10.5 Å². The number of nitrogen functional groups attached to an aromatic ring is 1. The van der Waals surface area contributed by atoms with E-state index in [-0.39, 0.29) is 5.03 Å². The minimum atomic E-state index is -3.66. The second-order valence-electron chi connectivity index (χ2n) is 3.27. The number of nitrogens with one attached hydrogen (secondary N) is 2. The molecular formula is C9H9BrN4O2S. The van der Waals surface area contributed by atoms with Crippen molar-refractivity contribution in [2.75, 3.05) is 10.5 Å². The number of anilines is 2. The van der Waals surface area contributed by atoms with Crippen molar-refractivity contribution in [1.29, 1.82) is 0 Å². The summed E-state index contributed by atoms with van der Waals surface area (Å²) in [5.74, 6) is 0. The van der Waals surface area contributed by atoms with Crippen LogP contribution in [0.2, 0.25) is 0 Å². The summed E-state index contributed by atoms with van der Waals surface area (Å²) >= 11 is 3.24. The van der Waals surface area contributed by atoms with Gasteiger partial charge in [0.25, 0.3) is 10.0 Å². The first-order chi connectivity index (χ1) is 7.99. The fraction of sp³-hybridized carbons (Fsp3) is 0. The lowest BCUT2D eigenvalue weighted by atomic mass is 10.3.